The number of anilines is 1. The van der Waals surface area contributed by atoms with E-state index < -0.39 is 0 Å². The zero-order valence-electron chi connectivity index (χ0n) is 13.7. The topological polar surface area (TPSA) is 64.3 Å². The van der Waals surface area contributed by atoms with Crippen LogP contribution in [0.1, 0.15) is 31.9 Å². The van der Waals surface area contributed by atoms with Crippen molar-refractivity contribution in [2.24, 2.45) is 11.7 Å². The first-order valence-electron chi connectivity index (χ1n) is 7.88. The molecule has 0 saturated carbocycles. The number of ether oxygens (including phenoxy) is 1. The highest BCUT2D eigenvalue weighted by molar-refractivity contribution is 5.92. The third kappa shape index (κ3) is 5.42. The highest BCUT2D eigenvalue weighted by atomic mass is 16.5. The Balaban J connectivity index is 1.97. The average Bonchev–Trinajstić information content (AvgIpc) is 2.54. The molecule has 1 amide bonds. The van der Waals surface area contributed by atoms with E-state index in [0.29, 0.717) is 24.0 Å². The molecule has 0 aliphatic carbocycles. The second-order valence-electron chi connectivity index (χ2n) is 5.97. The molecule has 0 fully saturated rings. The van der Waals surface area contributed by atoms with Gasteiger partial charge in [-0.1, -0.05) is 56.3 Å². The molecule has 122 valence electrons. The van der Waals surface area contributed by atoms with E-state index in [1.54, 1.807) is 0 Å². The summed E-state index contributed by atoms with van der Waals surface area (Å²) in [5.41, 5.74) is 7.72. The van der Waals surface area contributed by atoms with Gasteiger partial charge in [0.25, 0.3) is 0 Å². The molecule has 0 aromatic heterocycles. The van der Waals surface area contributed by atoms with E-state index in [2.05, 4.69) is 19.2 Å². The summed E-state index contributed by atoms with van der Waals surface area (Å²) in [5.74, 6) is 0.982. The van der Waals surface area contributed by atoms with E-state index in [4.69, 9.17) is 10.5 Å². The summed E-state index contributed by atoms with van der Waals surface area (Å²) in [4.78, 5) is 12.2. The van der Waals surface area contributed by atoms with Gasteiger partial charge in [0.15, 0.2) is 0 Å². The number of carbonyl (C=O) groups is 1. The lowest BCUT2D eigenvalue weighted by Gasteiger charge is -2.15. The molecule has 0 heterocycles. The second kappa shape index (κ2) is 8.34. The molecule has 2 rings (SSSR count). The molecule has 0 aliphatic rings. The normalized spacial score (nSPS) is 12.0. The van der Waals surface area contributed by atoms with Crippen LogP contribution in [0.25, 0.3) is 0 Å². The minimum atomic E-state index is -0.319. The second-order valence-corrected chi connectivity index (χ2v) is 5.97. The Morgan fingerprint density at radius 1 is 1.09 bits per heavy atom. The summed E-state index contributed by atoms with van der Waals surface area (Å²) in [6.07, 6.45) is 0.225. The summed E-state index contributed by atoms with van der Waals surface area (Å²) in [5, 5.41) is 2.89. The van der Waals surface area contributed by atoms with Crippen LogP contribution in [0.4, 0.5) is 5.69 Å². The van der Waals surface area contributed by atoms with Crippen molar-refractivity contribution in [3.05, 3.63) is 60.2 Å². The predicted octanol–water partition coefficient (Wildman–Crippen LogP) is 3.75. The fraction of sp³-hybridized carbons (Fsp3) is 0.316. The van der Waals surface area contributed by atoms with Crippen LogP contribution in [-0.2, 0) is 4.79 Å². The Kier molecular flexibility index (Phi) is 6.18. The fourth-order valence-corrected chi connectivity index (χ4v) is 2.17. The van der Waals surface area contributed by atoms with Crippen molar-refractivity contribution in [1.82, 2.24) is 0 Å². The lowest BCUT2D eigenvalue weighted by atomic mass is 10.0. The van der Waals surface area contributed by atoms with Gasteiger partial charge in [-0.2, -0.15) is 0 Å². The van der Waals surface area contributed by atoms with Crippen LogP contribution >= 0.6 is 0 Å². The molecule has 0 aliphatic heterocycles. The van der Waals surface area contributed by atoms with Crippen LogP contribution in [0, 0.1) is 5.92 Å². The lowest BCUT2D eigenvalue weighted by molar-refractivity contribution is -0.116. The molecular weight excluding hydrogens is 288 g/mol. The van der Waals surface area contributed by atoms with E-state index >= 15 is 0 Å². The van der Waals surface area contributed by atoms with Gasteiger partial charge in [-0.15, -0.1) is 0 Å². The predicted molar refractivity (Wildman–Crippen MR) is 93.4 cm³/mol. The van der Waals surface area contributed by atoms with Gasteiger partial charge in [-0.25, -0.2) is 0 Å². The van der Waals surface area contributed by atoms with Gasteiger partial charge >= 0.3 is 0 Å². The third-order valence-electron chi connectivity index (χ3n) is 3.37. The summed E-state index contributed by atoms with van der Waals surface area (Å²) >= 11 is 0. The highest BCUT2D eigenvalue weighted by Gasteiger charge is 2.13. The van der Waals surface area contributed by atoms with Crippen molar-refractivity contribution in [2.75, 3.05) is 11.9 Å². The summed E-state index contributed by atoms with van der Waals surface area (Å²) in [7, 11) is 0. The Labute approximate surface area is 137 Å². The third-order valence-corrected chi connectivity index (χ3v) is 3.37. The monoisotopic (exact) mass is 312 g/mol. The van der Waals surface area contributed by atoms with Crippen molar-refractivity contribution in [3.8, 4) is 5.75 Å². The van der Waals surface area contributed by atoms with E-state index in [1.807, 2.05) is 54.6 Å². The Morgan fingerprint density at radius 3 is 2.43 bits per heavy atom. The molecule has 0 bridgehead atoms. The van der Waals surface area contributed by atoms with Crippen molar-refractivity contribution in [2.45, 2.75) is 26.3 Å². The van der Waals surface area contributed by atoms with E-state index in [9.17, 15) is 4.79 Å². The van der Waals surface area contributed by atoms with Crippen LogP contribution in [0.2, 0.25) is 0 Å². The van der Waals surface area contributed by atoms with Gasteiger partial charge in [0.1, 0.15) is 5.75 Å². The molecular formula is C19H24N2O2. The summed E-state index contributed by atoms with van der Waals surface area (Å²) in [6.45, 7) is 4.77. The zero-order valence-corrected chi connectivity index (χ0v) is 13.7. The average molecular weight is 312 g/mol. The number of rotatable bonds is 7. The minimum Gasteiger partial charge on any atom is -0.491 e. The first-order chi connectivity index (χ1) is 11.1. The smallest absolute Gasteiger partial charge is 0.226 e. The molecule has 1 unspecified atom stereocenters. The van der Waals surface area contributed by atoms with Crippen LogP contribution in [0.15, 0.2) is 54.6 Å². The number of benzene rings is 2. The molecule has 2 aromatic carbocycles. The standard InChI is InChI=1S/C19H24N2O2/c1-14(2)13-23-18-11-7-6-10-17(18)21-19(22)12-16(20)15-8-4-3-5-9-15/h3-11,14,16H,12-13,20H2,1-2H3,(H,21,22). The first kappa shape index (κ1) is 17.0. The lowest BCUT2D eigenvalue weighted by Crippen LogP contribution is -2.21. The molecule has 1 atom stereocenters. The minimum absolute atomic E-state index is 0.123. The number of amides is 1. The van der Waals surface area contributed by atoms with Gasteiger partial charge < -0.3 is 15.8 Å². The van der Waals surface area contributed by atoms with Gasteiger partial charge in [-0.3, -0.25) is 4.79 Å². The number of carbonyl (C=O) groups excluding carboxylic acids is 1. The Bertz CT molecular complexity index is 626. The number of nitrogens with one attached hydrogen (secondary N) is 1. The maximum Gasteiger partial charge on any atom is 0.226 e. The fourth-order valence-electron chi connectivity index (χ4n) is 2.17. The highest BCUT2D eigenvalue weighted by Crippen LogP contribution is 2.25. The maximum atomic E-state index is 12.2. The van der Waals surface area contributed by atoms with Crippen molar-refractivity contribution in [3.63, 3.8) is 0 Å². The first-order valence-corrected chi connectivity index (χ1v) is 7.88. The molecule has 4 heteroatoms. The molecule has 3 N–H and O–H groups in total. The van der Waals surface area contributed by atoms with E-state index in [-0.39, 0.29) is 18.4 Å². The summed E-state index contributed by atoms with van der Waals surface area (Å²) < 4.78 is 5.74. The van der Waals surface area contributed by atoms with Gasteiger partial charge in [0, 0.05) is 12.5 Å². The van der Waals surface area contributed by atoms with Gasteiger partial charge in [0.2, 0.25) is 5.91 Å². The van der Waals surface area contributed by atoms with Crippen molar-refractivity contribution < 1.29 is 9.53 Å². The SMILES string of the molecule is CC(C)COc1ccccc1NC(=O)CC(N)c1ccccc1. The number of hydrogen-bond acceptors (Lipinski definition) is 3. The molecule has 4 nitrogen and oxygen atoms in total. The maximum absolute atomic E-state index is 12.2. The number of hydrogen-bond donors (Lipinski definition) is 2. The van der Waals surface area contributed by atoms with Gasteiger partial charge in [0.05, 0.1) is 12.3 Å². The van der Waals surface area contributed by atoms with Crippen molar-refractivity contribution in [1.29, 1.82) is 0 Å². The van der Waals surface area contributed by atoms with Gasteiger partial charge in [-0.05, 0) is 23.6 Å². The Hall–Kier alpha value is -2.33. The van der Waals surface area contributed by atoms with Crippen LogP contribution in [-0.4, -0.2) is 12.5 Å². The zero-order chi connectivity index (χ0) is 16.7. The molecule has 0 radical (unpaired) electrons. The van der Waals surface area contributed by atoms with Crippen LogP contribution in [0.5, 0.6) is 5.75 Å². The van der Waals surface area contributed by atoms with E-state index in [1.165, 1.54) is 0 Å². The molecule has 23 heavy (non-hydrogen) atoms. The quantitative estimate of drug-likeness (QED) is 0.818. The summed E-state index contributed by atoms with van der Waals surface area (Å²) in [6, 6.07) is 16.8. The molecule has 0 saturated heterocycles. The van der Waals surface area contributed by atoms with Crippen LogP contribution in [0.3, 0.4) is 0 Å². The largest absolute Gasteiger partial charge is 0.491 e. The number of para-hydroxylation sites is 2. The number of nitrogens with two attached hydrogens (primary N) is 1. The molecule has 2 aromatic rings. The van der Waals surface area contributed by atoms with E-state index in [0.717, 1.165) is 5.56 Å². The molecule has 0 spiro atoms. The van der Waals surface area contributed by atoms with Crippen molar-refractivity contribution >= 4 is 11.6 Å². The Morgan fingerprint density at radius 2 is 1.74 bits per heavy atom. The van der Waals surface area contributed by atoms with Crippen LogP contribution < -0.4 is 15.8 Å².